The topological polar surface area (TPSA) is 36.1 Å². The molecule has 1 unspecified atom stereocenters. The van der Waals surface area contributed by atoms with Crippen LogP contribution in [-0.2, 0) is 4.79 Å². The van der Waals surface area contributed by atoms with Gasteiger partial charge in [0.2, 0.25) is 5.91 Å². The molecular weight excluding hydrogens is 307 g/mol. The number of hydrogen-bond acceptors (Lipinski definition) is 1. The first kappa shape index (κ1) is 14.7. The molecule has 0 radical (unpaired) electrons. The predicted octanol–water partition coefficient (Wildman–Crippen LogP) is 4.15. The average Bonchev–Trinajstić information content (AvgIpc) is 2.89. The Balaban J connectivity index is 1.72. The Labute approximate surface area is 134 Å². The highest BCUT2D eigenvalue weighted by Crippen LogP contribution is 2.31. The molecule has 1 fully saturated rings. The summed E-state index contributed by atoms with van der Waals surface area (Å²) >= 11 is 11.9. The molecule has 0 aliphatic carbocycles. The van der Waals surface area contributed by atoms with Crippen LogP contribution in [0.1, 0.15) is 31.4 Å². The fourth-order valence-corrected chi connectivity index (χ4v) is 3.33. The number of aromatic amines is 1. The summed E-state index contributed by atoms with van der Waals surface area (Å²) in [5.41, 5.74) is 2.35. The number of benzene rings is 1. The van der Waals surface area contributed by atoms with Crippen LogP contribution < -0.4 is 0 Å². The normalized spacial score (nSPS) is 18.1. The minimum Gasteiger partial charge on any atom is -0.358 e. The first-order valence-electron chi connectivity index (χ1n) is 7.25. The molecule has 1 saturated heterocycles. The monoisotopic (exact) mass is 324 g/mol. The van der Waals surface area contributed by atoms with Gasteiger partial charge in [-0.2, -0.15) is 0 Å². The number of rotatable bonds is 2. The molecule has 2 aromatic rings. The molecule has 112 valence electrons. The number of carbonyl (C=O) groups excluding carboxylic acids is 1. The van der Waals surface area contributed by atoms with Crippen molar-refractivity contribution in [2.24, 2.45) is 0 Å². The Hall–Kier alpha value is -1.19. The minimum absolute atomic E-state index is 0.0403. The van der Waals surface area contributed by atoms with Crippen molar-refractivity contribution in [3.63, 3.8) is 0 Å². The third-order valence-electron chi connectivity index (χ3n) is 4.19. The number of likely N-dealkylation sites (tertiary alicyclic amines) is 1. The lowest BCUT2D eigenvalue weighted by Gasteiger charge is -2.32. The Morgan fingerprint density at radius 3 is 2.71 bits per heavy atom. The molecule has 1 aliphatic heterocycles. The zero-order valence-electron chi connectivity index (χ0n) is 11.9. The van der Waals surface area contributed by atoms with Gasteiger partial charge in [-0.15, -0.1) is 11.6 Å². The van der Waals surface area contributed by atoms with E-state index in [-0.39, 0.29) is 5.91 Å². The highest BCUT2D eigenvalue weighted by molar-refractivity contribution is 6.31. The summed E-state index contributed by atoms with van der Waals surface area (Å²) in [6.45, 7) is 3.28. The zero-order valence-corrected chi connectivity index (χ0v) is 13.4. The summed E-state index contributed by atoms with van der Waals surface area (Å²) in [5.74, 6) is 0.504. The van der Waals surface area contributed by atoms with E-state index in [0.717, 1.165) is 41.9 Å². The molecule has 21 heavy (non-hydrogen) atoms. The zero-order chi connectivity index (χ0) is 15.0. The fourth-order valence-electron chi connectivity index (χ4n) is 3.01. The van der Waals surface area contributed by atoms with Crippen molar-refractivity contribution in [2.75, 3.05) is 13.1 Å². The molecule has 1 aliphatic rings. The van der Waals surface area contributed by atoms with E-state index in [1.54, 1.807) is 6.92 Å². The molecule has 0 spiro atoms. The van der Waals surface area contributed by atoms with Crippen LogP contribution in [0.25, 0.3) is 10.9 Å². The smallest absolute Gasteiger partial charge is 0.240 e. The minimum atomic E-state index is -0.434. The molecule has 1 N–H and O–H groups in total. The third kappa shape index (κ3) is 3.04. The number of nitrogens with one attached hydrogen (secondary N) is 1. The van der Waals surface area contributed by atoms with Gasteiger partial charge in [0.05, 0.1) is 0 Å². The van der Waals surface area contributed by atoms with Crippen LogP contribution in [0.2, 0.25) is 5.02 Å². The number of hydrogen-bond donors (Lipinski definition) is 1. The van der Waals surface area contributed by atoms with Crippen LogP contribution in [-0.4, -0.2) is 34.3 Å². The highest BCUT2D eigenvalue weighted by atomic mass is 35.5. The number of carbonyl (C=O) groups is 1. The SMILES string of the molecule is CC(Cl)C(=O)N1CCC(c2cc3cc(Cl)ccc3[nH]2)CC1. The quantitative estimate of drug-likeness (QED) is 0.827. The molecule has 2 heterocycles. The van der Waals surface area contributed by atoms with E-state index in [0.29, 0.717) is 5.92 Å². The Morgan fingerprint density at radius 2 is 2.05 bits per heavy atom. The summed E-state index contributed by atoms with van der Waals surface area (Å²) in [6.07, 6.45) is 1.94. The molecule has 5 heteroatoms. The number of piperidine rings is 1. The molecule has 3 nitrogen and oxygen atoms in total. The average molecular weight is 325 g/mol. The number of halogens is 2. The van der Waals surface area contributed by atoms with Crippen molar-refractivity contribution in [2.45, 2.75) is 31.1 Å². The van der Waals surface area contributed by atoms with Crippen molar-refractivity contribution in [3.8, 4) is 0 Å². The predicted molar refractivity (Wildman–Crippen MR) is 87.2 cm³/mol. The lowest BCUT2D eigenvalue weighted by atomic mass is 9.93. The van der Waals surface area contributed by atoms with Gasteiger partial charge in [-0.25, -0.2) is 0 Å². The van der Waals surface area contributed by atoms with Gasteiger partial charge in [-0.05, 0) is 44.0 Å². The molecule has 1 aromatic heterocycles. The number of fused-ring (bicyclic) bond motifs is 1. The maximum atomic E-state index is 11.9. The molecule has 1 amide bonds. The Morgan fingerprint density at radius 1 is 1.33 bits per heavy atom. The lowest BCUT2D eigenvalue weighted by molar-refractivity contribution is -0.131. The van der Waals surface area contributed by atoms with E-state index >= 15 is 0 Å². The molecule has 1 atom stereocenters. The van der Waals surface area contributed by atoms with Crippen LogP contribution in [0.4, 0.5) is 0 Å². The number of H-pyrrole nitrogens is 1. The van der Waals surface area contributed by atoms with E-state index in [4.69, 9.17) is 23.2 Å². The van der Waals surface area contributed by atoms with Gasteiger partial charge in [0, 0.05) is 40.6 Å². The van der Waals surface area contributed by atoms with Crippen molar-refractivity contribution in [3.05, 3.63) is 35.0 Å². The van der Waals surface area contributed by atoms with Gasteiger partial charge in [0.25, 0.3) is 0 Å². The van der Waals surface area contributed by atoms with E-state index in [2.05, 4.69) is 11.1 Å². The largest absolute Gasteiger partial charge is 0.358 e. The van der Waals surface area contributed by atoms with E-state index < -0.39 is 5.38 Å². The first-order valence-corrected chi connectivity index (χ1v) is 8.07. The van der Waals surface area contributed by atoms with E-state index in [1.807, 2.05) is 23.1 Å². The van der Waals surface area contributed by atoms with Gasteiger partial charge >= 0.3 is 0 Å². The molecule has 0 saturated carbocycles. The third-order valence-corrected chi connectivity index (χ3v) is 4.61. The summed E-state index contributed by atoms with van der Waals surface area (Å²) in [4.78, 5) is 17.2. The second-order valence-corrected chi connectivity index (χ2v) is 6.76. The molecular formula is C16H18Cl2N2O. The van der Waals surface area contributed by atoms with Crippen molar-refractivity contribution < 1.29 is 4.79 Å². The van der Waals surface area contributed by atoms with Crippen LogP contribution in [0.5, 0.6) is 0 Å². The Kier molecular flexibility index (Phi) is 4.14. The molecule has 1 aromatic carbocycles. The van der Waals surface area contributed by atoms with Crippen molar-refractivity contribution >= 4 is 40.0 Å². The number of aromatic nitrogens is 1. The van der Waals surface area contributed by atoms with Crippen LogP contribution >= 0.6 is 23.2 Å². The van der Waals surface area contributed by atoms with E-state index in [9.17, 15) is 4.79 Å². The Bertz CT molecular complexity index is 657. The number of alkyl halides is 1. The summed E-state index contributed by atoms with van der Waals surface area (Å²) in [6, 6.07) is 8.06. The van der Waals surface area contributed by atoms with Gasteiger partial charge in [-0.1, -0.05) is 11.6 Å². The summed E-state index contributed by atoms with van der Waals surface area (Å²) < 4.78 is 0. The van der Waals surface area contributed by atoms with Crippen LogP contribution in [0.15, 0.2) is 24.3 Å². The maximum Gasteiger partial charge on any atom is 0.240 e. The number of amides is 1. The van der Waals surface area contributed by atoms with Gasteiger partial charge in [0.1, 0.15) is 5.38 Å². The van der Waals surface area contributed by atoms with Crippen LogP contribution in [0, 0.1) is 0 Å². The second kappa shape index (κ2) is 5.90. The van der Waals surface area contributed by atoms with Crippen molar-refractivity contribution in [1.82, 2.24) is 9.88 Å². The van der Waals surface area contributed by atoms with Gasteiger partial charge < -0.3 is 9.88 Å². The molecule has 0 bridgehead atoms. The standard InChI is InChI=1S/C16H18Cl2N2O/c1-10(17)16(21)20-6-4-11(5-7-20)15-9-12-8-13(18)2-3-14(12)19-15/h2-3,8-11,19H,4-7H2,1H3. The second-order valence-electron chi connectivity index (χ2n) is 5.67. The fraction of sp³-hybridized carbons (Fsp3) is 0.438. The van der Waals surface area contributed by atoms with E-state index in [1.165, 1.54) is 5.69 Å². The highest BCUT2D eigenvalue weighted by Gasteiger charge is 2.26. The maximum absolute atomic E-state index is 11.9. The van der Waals surface area contributed by atoms with Crippen LogP contribution in [0.3, 0.4) is 0 Å². The first-order chi connectivity index (χ1) is 10.0. The summed E-state index contributed by atoms with van der Waals surface area (Å²) in [5, 5.41) is 1.46. The van der Waals surface area contributed by atoms with Gasteiger partial charge in [0.15, 0.2) is 0 Å². The van der Waals surface area contributed by atoms with Crippen molar-refractivity contribution in [1.29, 1.82) is 0 Å². The molecule has 3 rings (SSSR count). The summed E-state index contributed by atoms with van der Waals surface area (Å²) in [7, 11) is 0. The van der Waals surface area contributed by atoms with Gasteiger partial charge in [-0.3, -0.25) is 4.79 Å². The lowest BCUT2D eigenvalue weighted by Crippen LogP contribution is -2.41. The number of nitrogens with zero attached hydrogens (tertiary/aromatic N) is 1.